The quantitative estimate of drug-likeness (QED) is 0.376. The maximum atomic E-state index is 12.1. The normalized spacial score (nSPS) is 21.1. The molecule has 0 heterocycles. The Labute approximate surface area is 165 Å². The van der Waals surface area contributed by atoms with E-state index >= 15 is 0 Å². The molecule has 1 aromatic carbocycles. The zero-order chi connectivity index (χ0) is 20.4. The molecule has 28 heavy (non-hydrogen) atoms. The van der Waals surface area contributed by atoms with Crippen molar-refractivity contribution in [3.8, 4) is 5.75 Å². The Morgan fingerprint density at radius 3 is 2.61 bits per heavy atom. The van der Waals surface area contributed by atoms with Crippen LogP contribution in [0.25, 0.3) is 0 Å². The molecular weight excluding hydrogens is 360 g/mol. The molecule has 0 aliphatic heterocycles. The van der Waals surface area contributed by atoms with E-state index in [1.807, 2.05) is 18.2 Å². The van der Waals surface area contributed by atoms with Crippen molar-refractivity contribution >= 4 is 11.8 Å². The highest BCUT2D eigenvalue weighted by molar-refractivity contribution is 5.95. The molecule has 6 nitrogen and oxygen atoms in total. The Morgan fingerprint density at radius 2 is 1.89 bits per heavy atom. The summed E-state index contributed by atoms with van der Waals surface area (Å²) in [5.74, 6) is -1.11. The van der Waals surface area contributed by atoms with Crippen LogP contribution in [0.1, 0.15) is 32.1 Å². The standard InChI is InChI=1S/C22H28O6/c23-17(15-28-18-7-3-1-4-8-18)13-11-16-12-14-20(25)22(16)19(24)9-5-2-6-10-21(26)27/h1,3-4,7-8,11-14,16-17,19,22-24H,2,5-6,9-10,15H2,(H,26,27). The first-order chi connectivity index (χ1) is 13.5. The number of hydrogen-bond donors (Lipinski definition) is 3. The van der Waals surface area contributed by atoms with Crippen molar-refractivity contribution in [3.63, 3.8) is 0 Å². The Kier molecular flexibility index (Phi) is 8.91. The summed E-state index contributed by atoms with van der Waals surface area (Å²) in [6.07, 6.45) is 7.42. The van der Waals surface area contributed by atoms with Gasteiger partial charge < -0.3 is 20.1 Å². The largest absolute Gasteiger partial charge is 0.491 e. The molecule has 0 amide bonds. The molecule has 0 saturated heterocycles. The zero-order valence-corrected chi connectivity index (χ0v) is 15.8. The fourth-order valence-corrected chi connectivity index (χ4v) is 3.25. The van der Waals surface area contributed by atoms with Gasteiger partial charge in [0, 0.05) is 12.3 Å². The Hall–Kier alpha value is -2.44. The molecular formula is C22H28O6. The summed E-state index contributed by atoms with van der Waals surface area (Å²) in [5.41, 5.74) is 0. The van der Waals surface area contributed by atoms with Crippen molar-refractivity contribution < 1.29 is 29.6 Å². The Bertz CT molecular complexity index is 682. The average molecular weight is 388 g/mol. The van der Waals surface area contributed by atoms with E-state index in [1.165, 1.54) is 6.08 Å². The first-order valence-corrected chi connectivity index (χ1v) is 9.63. The molecule has 4 atom stereocenters. The van der Waals surface area contributed by atoms with E-state index in [2.05, 4.69) is 0 Å². The Balaban J connectivity index is 1.78. The molecule has 6 heteroatoms. The fraction of sp³-hybridized carbons (Fsp3) is 0.455. The molecule has 0 fully saturated rings. The number of carboxylic acids is 1. The molecule has 0 aromatic heterocycles. The minimum atomic E-state index is -0.823. The second-order valence-electron chi connectivity index (χ2n) is 7.00. The highest BCUT2D eigenvalue weighted by Crippen LogP contribution is 2.29. The second-order valence-corrected chi connectivity index (χ2v) is 7.00. The number of benzene rings is 1. The number of para-hydroxylation sites is 1. The summed E-state index contributed by atoms with van der Waals surface area (Å²) in [7, 11) is 0. The van der Waals surface area contributed by atoms with Gasteiger partial charge in [0.25, 0.3) is 0 Å². The van der Waals surface area contributed by atoms with Crippen molar-refractivity contribution in [1.29, 1.82) is 0 Å². The number of carbonyl (C=O) groups is 2. The van der Waals surface area contributed by atoms with Crippen LogP contribution in [0.3, 0.4) is 0 Å². The van der Waals surface area contributed by atoms with Gasteiger partial charge in [-0.1, -0.05) is 49.3 Å². The zero-order valence-electron chi connectivity index (χ0n) is 15.8. The van der Waals surface area contributed by atoms with E-state index in [9.17, 15) is 19.8 Å². The molecule has 1 aromatic rings. The van der Waals surface area contributed by atoms with Crippen LogP contribution in [0.5, 0.6) is 5.75 Å². The minimum Gasteiger partial charge on any atom is -0.491 e. The molecule has 1 aliphatic carbocycles. The van der Waals surface area contributed by atoms with Gasteiger partial charge in [-0.3, -0.25) is 9.59 Å². The molecule has 0 bridgehead atoms. The van der Waals surface area contributed by atoms with Gasteiger partial charge in [-0.05, 0) is 31.1 Å². The number of ether oxygens (including phenoxy) is 1. The van der Waals surface area contributed by atoms with Crippen LogP contribution < -0.4 is 4.74 Å². The van der Waals surface area contributed by atoms with Crippen molar-refractivity contribution in [1.82, 2.24) is 0 Å². The van der Waals surface area contributed by atoms with Crippen LogP contribution in [0.15, 0.2) is 54.6 Å². The number of carbonyl (C=O) groups excluding carboxylic acids is 1. The van der Waals surface area contributed by atoms with Crippen molar-refractivity contribution in [2.45, 2.75) is 44.3 Å². The third kappa shape index (κ3) is 7.29. The predicted molar refractivity (Wildman–Crippen MR) is 105 cm³/mol. The van der Waals surface area contributed by atoms with E-state index in [0.29, 0.717) is 31.4 Å². The highest BCUT2D eigenvalue weighted by Gasteiger charge is 2.34. The van der Waals surface area contributed by atoms with Crippen LogP contribution in [0.2, 0.25) is 0 Å². The minimum absolute atomic E-state index is 0.0989. The molecule has 3 N–H and O–H groups in total. The smallest absolute Gasteiger partial charge is 0.303 e. The number of unbranched alkanes of at least 4 members (excludes halogenated alkanes) is 2. The number of aliphatic hydroxyl groups excluding tert-OH is 2. The number of rotatable bonds is 12. The lowest BCUT2D eigenvalue weighted by atomic mass is 9.86. The molecule has 0 radical (unpaired) electrons. The third-order valence-corrected chi connectivity index (χ3v) is 4.75. The summed E-state index contributed by atoms with van der Waals surface area (Å²) in [4.78, 5) is 22.6. The summed E-state index contributed by atoms with van der Waals surface area (Å²) >= 11 is 0. The van der Waals surface area contributed by atoms with Crippen LogP contribution in [-0.2, 0) is 9.59 Å². The topological polar surface area (TPSA) is 104 Å². The fourth-order valence-electron chi connectivity index (χ4n) is 3.25. The van der Waals surface area contributed by atoms with E-state index in [0.717, 1.165) is 0 Å². The number of ketones is 1. The third-order valence-electron chi connectivity index (χ3n) is 4.75. The number of allylic oxidation sites excluding steroid dienone is 3. The van der Waals surface area contributed by atoms with Gasteiger partial charge in [0.1, 0.15) is 18.5 Å². The van der Waals surface area contributed by atoms with Crippen molar-refractivity contribution in [2.75, 3.05) is 6.61 Å². The van der Waals surface area contributed by atoms with E-state index in [-0.39, 0.29) is 24.7 Å². The van der Waals surface area contributed by atoms with Gasteiger partial charge in [0.15, 0.2) is 5.78 Å². The number of carboxylic acid groups (broad SMARTS) is 1. The van der Waals surface area contributed by atoms with Crippen LogP contribution >= 0.6 is 0 Å². The lowest BCUT2D eigenvalue weighted by Gasteiger charge is -2.21. The molecule has 2 rings (SSSR count). The summed E-state index contributed by atoms with van der Waals surface area (Å²) in [5, 5.41) is 29.1. The molecule has 0 spiro atoms. The van der Waals surface area contributed by atoms with Crippen molar-refractivity contribution in [3.05, 3.63) is 54.6 Å². The average Bonchev–Trinajstić information content (AvgIpc) is 3.05. The van der Waals surface area contributed by atoms with Gasteiger partial charge in [-0.25, -0.2) is 0 Å². The first-order valence-electron chi connectivity index (χ1n) is 9.63. The van der Waals surface area contributed by atoms with Crippen LogP contribution in [0.4, 0.5) is 0 Å². The summed E-state index contributed by atoms with van der Waals surface area (Å²) in [6, 6.07) is 9.18. The number of hydrogen-bond acceptors (Lipinski definition) is 5. The molecule has 4 unspecified atom stereocenters. The van der Waals surface area contributed by atoms with E-state index in [1.54, 1.807) is 30.4 Å². The predicted octanol–water partition coefficient (Wildman–Crippen LogP) is 2.75. The first kappa shape index (κ1) is 21.9. The molecule has 0 saturated carbocycles. The second kappa shape index (κ2) is 11.4. The monoisotopic (exact) mass is 388 g/mol. The lowest BCUT2D eigenvalue weighted by molar-refractivity contribution is -0.137. The molecule has 152 valence electrons. The van der Waals surface area contributed by atoms with Gasteiger partial charge in [-0.15, -0.1) is 0 Å². The molecule has 1 aliphatic rings. The summed E-state index contributed by atoms with van der Waals surface area (Å²) < 4.78 is 5.49. The van der Waals surface area contributed by atoms with Gasteiger partial charge in [0.05, 0.1) is 12.0 Å². The maximum absolute atomic E-state index is 12.1. The number of aliphatic carboxylic acids is 1. The van der Waals surface area contributed by atoms with Gasteiger partial charge in [0.2, 0.25) is 0 Å². The number of aliphatic hydroxyl groups is 2. The van der Waals surface area contributed by atoms with E-state index in [4.69, 9.17) is 9.84 Å². The van der Waals surface area contributed by atoms with Crippen LogP contribution in [-0.4, -0.2) is 45.9 Å². The lowest BCUT2D eigenvalue weighted by Crippen LogP contribution is -2.29. The van der Waals surface area contributed by atoms with Crippen molar-refractivity contribution in [2.24, 2.45) is 11.8 Å². The van der Waals surface area contributed by atoms with E-state index < -0.39 is 24.1 Å². The maximum Gasteiger partial charge on any atom is 0.303 e. The Morgan fingerprint density at radius 1 is 1.14 bits per heavy atom. The van der Waals surface area contributed by atoms with Gasteiger partial charge in [-0.2, -0.15) is 0 Å². The van der Waals surface area contributed by atoms with Crippen LogP contribution in [0, 0.1) is 11.8 Å². The SMILES string of the molecule is O=C(O)CCCCCC(O)C1C(=O)C=CC1C=CC(O)COc1ccccc1. The van der Waals surface area contributed by atoms with Gasteiger partial charge >= 0.3 is 5.97 Å². The highest BCUT2D eigenvalue weighted by atomic mass is 16.5. The summed E-state index contributed by atoms with van der Waals surface area (Å²) in [6.45, 7) is 0.0989.